The van der Waals surface area contributed by atoms with E-state index in [1.54, 1.807) is 0 Å². The van der Waals surface area contributed by atoms with E-state index < -0.39 is 21.9 Å². The van der Waals surface area contributed by atoms with Gasteiger partial charge >= 0.3 is 6.36 Å². The molecule has 0 spiro atoms. The van der Waals surface area contributed by atoms with Crippen LogP contribution in [0, 0.1) is 0 Å². The minimum Gasteiger partial charge on any atom is -0.406 e. The molecule has 0 fully saturated rings. The highest BCUT2D eigenvalue weighted by molar-refractivity contribution is 7.90. The van der Waals surface area contributed by atoms with Gasteiger partial charge in [0.05, 0.1) is 15.6 Å². The van der Waals surface area contributed by atoms with Gasteiger partial charge in [0.15, 0.2) is 15.7 Å². The van der Waals surface area contributed by atoms with Crippen LogP contribution in [-0.2, 0) is 9.84 Å². The molecule has 0 bridgehead atoms. The Morgan fingerprint density at radius 3 is 2.46 bits per heavy atom. The van der Waals surface area contributed by atoms with Crippen LogP contribution in [0.25, 0.3) is 0 Å². The number of hydrogen-bond acceptors (Lipinski definition) is 6. The van der Waals surface area contributed by atoms with Gasteiger partial charge in [-0.05, 0) is 24.3 Å². The van der Waals surface area contributed by atoms with Gasteiger partial charge in [0.1, 0.15) is 11.4 Å². The summed E-state index contributed by atoms with van der Waals surface area (Å²) in [5.74, 6) is 4.91. The van der Waals surface area contributed by atoms with Crippen molar-refractivity contribution in [1.82, 2.24) is 10.4 Å². The first kappa shape index (κ1) is 19.9. The largest absolute Gasteiger partial charge is 0.573 e. The molecule has 1 aromatic heterocycles. The Morgan fingerprint density at radius 1 is 1.31 bits per heavy atom. The maximum atomic E-state index is 12.2. The summed E-state index contributed by atoms with van der Waals surface area (Å²) in [7, 11) is -3.42. The summed E-state index contributed by atoms with van der Waals surface area (Å²) in [6, 6.07) is 5.86. The number of rotatable bonds is 4. The highest BCUT2D eigenvalue weighted by Gasteiger charge is 2.31. The molecule has 0 aliphatic heterocycles. The van der Waals surface area contributed by atoms with Crippen molar-refractivity contribution in [2.75, 3.05) is 6.26 Å². The van der Waals surface area contributed by atoms with Crippen LogP contribution in [0.5, 0.6) is 5.75 Å². The van der Waals surface area contributed by atoms with Gasteiger partial charge in [0.25, 0.3) is 0 Å². The molecule has 3 N–H and O–H groups in total. The Balaban J connectivity index is 2.34. The standard InChI is InChI=1S/C14H12ClF3N4O3S/c1-26(23,24)9-3-5-12(20-7-9)13(22-19)21-11-4-2-8(6-10(11)15)25-14(16,17)18/h2-7H,19H2,1H3,(H,21,22). The summed E-state index contributed by atoms with van der Waals surface area (Å²) >= 11 is 5.91. The fraction of sp³-hybridized carbons (Fsp3) is 0.143. The van der Waals surface area contributed by atoms with Crippen molar-refractivity contribution in [3.63, 3.8) is 0 Å². The summed E-state index contributed by atoms with van der Waals surface area (Å²) in [4.78, 5) is 8.02. The molecule has 0 radical (unpaired) electrons. The summed E-state index contributed by atoms with van der Waals surface area (Å²) in [6.07, 6.45) is -2.69. The Hall–Kier alpha value is -2.37. The highest BCUT2D eigenvalue weighted by atomic mass is 35.5. The van der Waals surface area contributed by atoms with Gasteiger partial charge in [0.2, 0.25) is 0 Å². The molecular formula is C14H12ClF3N4O3S. The topological polar surface area (TPSA) is 107 Å². The van der Waals surface area contributed by atoms with E-state index in [9.17, 15) is 21.6 Å². The molecule has 0 saturated carbocycles. The first-order chi connectivity index (χ1) is 12.0. The van der Waals surface area contributed by atoms with Crippen LogP contribution in [0.1, 0.15) is 5.69 Å². The van der Waals surface area contributed by atoms with E-state index in [1.807, 2.05) is 0 Å². The number of ether oxygens (including phenoxy) is 1. The number of sulfone groups is 1. The summed E-state index contributed by atoms with van der Waals surface area (Å²) in [6.45, 7) is 0. The van der Waals surface area contributed by atoms with Crippen molar-refractivity contribution >= 4 is 33.0 Å². The molecule has 140 valence electrons. The summed E-state index contributed by atoms with van der Waals surface area (Å²) in [5, 5.41) is -0.118. The third-order valence-electron chi connectivity index (χ3n) is 2.93. The lowest BCUT2D eigenvalue weighted by atomic mass is 10.3. The quantitative estimate of drug-likeness (QED) is 0.348. The highest BCUT2D eigenvalue weighted by Crippen LogP contribution is 2.32. The molecule has 1 heterocycles. The van der Waals surface area contributed by atoms with Crippen LogP contribution in [0.2, 0.25) is 5.02 Å². The molecule has 0 aliphatic carbocycles. The summed E-state index contributed by atoms with van der Waals surface area (Å²) in [5.41, 5.74) is 2.57. The van der Waals surface area contributed by atoms with E-state index in [-0.39, 0.29) is 27.1 Å². The molecule has 0 atom stereocenters. The van der Waals surface area contributed by atoms with E-state index in [2.05, 4.69) is 20.1 Å². The molecule has 1 aromatic carbocycles. The Labute approximate surface area is 151 Å². The van der Waals surface area contributed by atoms with E-state index in [1.165, 1.54) is 18.2 Å². The van der Waals surface area contributed by atoms with Crippen molar-refractivity contribution in [2.45, 2.75) is 11.3 Å². The molecule has 2 rings (SSSR count). The van der Waals surface area contributed by atoms with Gasteiger partial charge in [-0.25, -0.2) is 19.3 Å². The van der Waals surface area contributed by atoms with Crippen molar-refractivity contribution in [2.24, 2.45) is 10.8 Å². The second-order valence-corrected chi connectivity index (χ2v) is 7.34. The maximum absolute atomic E-state index is 12.2. The number of hydrazine groups is 1. The van der Waals surface area contributed by atoms with Crippen LogP contribution in [0.3, 0.4) is 0 Å². The summed E-state index contributed by atoms with van der Waals surface area (Å²) < 4.78 is 63.2. The van der Waals surface area contributed by atoms with Crippen molar-refractivity contribution < 1.29 is 26.3 Å². The predicted octanol–water partition coefficient (Wildman–Crippen LogP) is 2.58. The van der Waals surface area contributed by atoms with E-state index in [0.717, 1.165) is 24.6 Å². The molecule has 2 aromatic rings. The van der Waals surface area contributed by atoms with E-state index in [4.69, 9.17) is 17.4 Å². The fourth-order valence-corrected chi connectivity index (χ4v) is 2.57. The smallest absolute Gasteiger partial charge is 0.406 e. The monoisotopic (exact) mass is 408 g/mol. The average Bonchev–Trinajstić information content (AvgIpc) is 2.52. The third-order valence-corrected chi connectivity index (χ3v) is 4.33. The lowest BCUT2D eigenvalue weighted by Crippen LogP contribution is -2.31. The predicted molar refractivity (Wildman–Crippen MR) is 89.0 cm³/mol. The van der Waals surface area contributed by atoms with Gasteiger partial charge < -0.3 is 10.2 Å². The number of nitrogens with one attached hydrogen (secondary N) is 1. The molecule has 0 aliphatic rings. The number of benzene rings is 1. The second kappa shape index (κ2) is 7.48. The first-order valence-electron chi connectivity index (χ1n) is 6.76. The first-order valence-corrected chi connectivity index (χ1v) is 9.03. The number of halogens is 4. The minimum atomic E-state index is -4.84. The van der Waals surface area contributed by atoms with Crippen molar-refractivity contribution in [3.05, 3.63) is 47.2 Å². The molecule has 12 heteroatoms. The number of nitrogens with zero attached hydrogens (tertiary/aromatic N) is 2. The van der Waals surface area contributed by atoms with Gasteiger partial charge in [-0.15, -0.1) is 13.2 Å². The molecule has 0 saturated heterocycles. The van der Waals surface area contributed by atoms with E-state index in [0.29, 0.717) is 0 Å². The molecule has 0 unspecified atom stereocenters. The van der Waals surface area contributed by atoms with Gasteiger partial charge in [-0.1, -0.05) is 11.6 Å². The average molecular weight is 409 g/mol. The van der Waals surface area contributed by atoms with Gasteiger partial charge in [0, 0.05) is 18.5 Å². The Kier molecular flexibility index (Phi) is 5.74. The SMILES string of the molecule is CS(=O)(=O)c1ccc(/C(=N/c2ccc(OC(F)(F)F)cc2Cl)NN)nc1. The van der Waals surface area contributed by atoms with Crippen molar-refractivity contribution in [3.8, 4) is 5.75 Å². The van der Waals surface area contributed by atoms with Crippen LogP contribution in [-0.4, -0.2) is 31.9 Å². The number of pyridine rings is 1. The normalized spacial score (nSPS) is 12.8. The number of nitrogens with two attached hydrogens (primary N) is 1. The Bertz CT molecular complexity index is 931. The van der Waals surface area contributed by atoms with Crippen LogP contribution in [0.4, 0.5) is 18.9 Å². The number of aliphatic imine (C=N–C) groups is 1. The van der Waals surface area contributed by atoms with Gasteiger partial charge in [-0.3, -0.25) is 4.98 Å². The van der Waals surface area contributed by atoms with Crippen LogP contribution < -0.4 is 16.0 Å². The zero-order valence-corrected chi connectivity index (χ0v) is 14.7. The molecule has 26 heavy (non-hydrogen) atoms. The molecular weight excluding hydrogens is 397 g/mol. The fourth-order valence-electron chi connectivity index (χ4n) is 1.80. The number of alkyl halides is 3. The number of amidine groups is 1. The lowest BCUT2D eigenvalue weighted by molar-refractivity contribution is -0.274. The third kappa shape index (κ3) is 5.31. The minimum absolute atomic E-state index is 0.00399. The second-order valence-electron chi connectivity index (χ2n) is 4.92. The molecule has 0 amide bonds. The number of aromatic nitrogens is 1. The lowest BCUT2D eigenvalue weighted by Gasteiger charge is -2.10. The van der Waals surface area contributed by atoms with Crippen LogP contribution >= 0.6 is 11.6 Å². The zero-order valence-electron chi connectivity index (χ0n) is 13.1. The van der Waals surface area contributed by atoms with Crippen molar-refractivity contribution in [1.29, 1.82) is 0 Å². The maximum Gasteiger partial charge on any atom is 0.573 e. The Morgan fingerprint density at radius 2 is 2.00 bits per heavy atom. The van der Waals surface area contributed by atoms with Gasteiger partial charge in [-0.2, -0.15) is 0 Å². The number of hydrogen-bond donors (Lipinski definition) is 2. The van der Waals surface area contributed by atoms with E-state index >= 15 is 0 Å². The van der Waals surface area contributed by atoms with Crippen LogP contribution in [0.15, 0.2) is 46.4 Å². The molecule has 7 nitrogen and oxygen atoms in total. The zero-order chi connectivity index (χ0) is 19.5.